The third-order valence-corrected chi connectivity index (χ3v) is 8.21. The fourth-order valence-electron chi connectivity index (χ4n) is 6.63. The minimum absolute atomic E-state index is 0.0131. The van der Waals surface area contributed by atoms with Crippen molar-refractivity contribution in [3.63, 3.8) is 0 Å². The van der Waals surface area contributed by atoms with Crippen molar-refractivity contribution in [1.29, 1.82) is 0 Å². The maximum Gasteiger partial charge on any atom is 0.248 e. The number of rotatable bonds is 12. The molecule has 8 nitrogen and oxygen atoms in total. The van der Waals surface area contributed by atoms with Gasteiger partial charge in [-0.1, -0.05) is 43.7 Å². The van der Waals surface area contributed by atoms with E-state index in [0.29, 0.717) is 25.9 Å². The number of benzene rings is 1. The molecule has 0 saturated carbocycles. The zero-order valence-electron chi connectivity index (χ0n) is 22.0. The van der Waals surface area contributed by atoms with Crippen molar-refractivity contribution >= 4 is 23.4 Å². The largest absolute Gasteiger partial charge is 0.395 e. The molecule has 5 atom stereocenters. The Bertz CT molecular complexity index is 1050. The van der Waals surface area contributed by atoms with Gasteiger partial charge in [0.15, 0.2) is 0 Å². The number of anilines is 1. The average Bonchev–Trinajstić information content (AvgIpc) is 3.46. The monoisotopic (exact) mass is 509 g/mol. The lowest BCUT2D eigenvalue weighted by Gasteiger charge is -2.36. The highest BCUT2D eigenvalue weighted by Gasteiger charge is 2.78. The van der Waals surface area contributed by atoms with E-state index < -0.39 is 29.1 Å². The predicted octanol–water partition coefficient (Wildman–Crippen LogP) is 2.78. The molecule has 1 spiro atoms. The van der Waals surface area contributed by atoms with Crippen LogP contribution in [0.1, 0.15) is 39.5 Å². The van der Waals surface area contributed by atoms with E-state index in [-0.39, 0.29) is 37.4 Å². The first-order chi connectivity index (χ1) is 17.8. The summed E-state index contributed by atoms with van der Waals surface area (Å²) in [4.78, 5) is 47.1. The van der Waals surface area contributed by atoms with Crippen LogP contribution in [-0.4, -0.2) is 82.7 Å². The molecular formula is C29H39N3O5. The van der Waals surface area contributed by atoms with Crippen LogP contribution in [0, 0.1) is 11.8 Å². The minimum atomic E-state index is -1.11. The number of amides is 3. The number of para-hydroxylation sites is 1. The molecule has 0 aliphatic carbocycles. The summed E-state index contributed by atoms with van der Waals surface area (Å²) in [7, 11) is 0. The molecule has 3 saturated heterocycles. The lowest BCUT2D eigenvalue weighted by Crippen LogP contribution is -2.56. The first kappa shape index (κ1) is 27.1. The van der Waals surface area contributed by atoms with E-state index in [2.05, 4.69) is 20.1 Å². The van der Waals surface area contributed by atoms with Crippen molar-refractivity contribution in [2.24, 2.45) is 11.8 Å². The highest BCUT2D eigenvalue weighted by Crippen LogP contribution is 2.63. The van der Waals surface area contributed by atoms with Crippen LogP contribution in [0.5, 0.6) is 0 Å². The molecule has 3 amide bonds. The van der Waals surface area contributed by atoms with Gasteiger partial charge in [0.2, 0.25) is 17.7 Å². The molecule has 37 heavy (non-hydrogen) atoms. The van der Waals surface area contributed by atoms with E-state index >= 15 is 0 Å². The summed E-state index contributed by atoms with van der Waals surface area (Å²) in [6.07, 6.45) is 6.16. The third-order valence-electron chi connectivity index (χ3n) is 8.21. The summed E-state index contributed by atoms with van der Waals surface area (Å²) in [5, 5.41) is 9.83. The van der Waals surface area contributed by atoms with Crippen LogP contribution in [0.4, 0.5) is 5.69 Å². The van der Waals surface area contributed by atoms with Gasteiger partial charge >= 0.3 is 0 Å². The van der Waals surface area contributed by atoms with Crippen LogP contribution in [-0.2, 0) is 19.1 Å². The molecule has 200 valence electrons. The van der Waals surface area contributed by atoms with Gasteiger partial charge in [-0.05, 0) is 38.3 Å². The first-order valence-corrected chi connectivity index (χ1v) is 13.3. The van der Waals surface area contributed by atoms with Gasteiger partial charge in [0.05, 0.1) is 24.0 Å². The van der Waals surface area contributed by atoms with E-state index in [1.165, 1.54) is 4.90 Å². The van der Waals surface area contributed by atoms with Crippen molar-refractivity contribution in [2.75, 3.05) is 37.7 Å². The number of carbonyl (C=O) groups excluding carboxylic acids is 3. The van der Waals surface area contributed by atoms with Crippen molar-refractivity contribution < 1.29 is 24.2 Å². The molecule has 3 aliphatic heterocycles. The van der Waals surface area contributed by atoms with Crippen LogP contribution in [0.2, 0.25) is 0 Å². The van der Waals surface area contributed by atoms with Gasteiger partial charge in [-0.25, -0.2) is 0 Å². The SMILES string of the molecule is C=CCN(CCCC)C(=O)C1N(CCO)C(=O)[C@@H]2[C@@H](C(=O)N(CC=C)c3ccccc3)[C@@]3(C)CCC12O3. The zero-order chi connectivity index (χ0) is 26.8. The zero-order valence-corrected chi connectivity index (χ0v) is 22.0. The van der Waals surface area contributed by atoms with Gasteiger partial charge in [-0.15, -0.1) is 13.2 Å². The van der Waals surface area contributed by atoms with E-state index in [0.717, 1.165) is 18.5 Å². The van der Waals surface area contributed by atoms with Crippen LogP contribution in [0.15, 0.2) is 55.6 Å². The van der Waals surface area contributed by atoms with E-state index in [4.69, 9.17) is 4.74 Å². The van der Waals surface area contributed by atoms with Crippen molar-refractivity contribution in [1.82, 2.24) is 9.80 Å². The predicted molar refractivity (Wildman–Crippen MR) is 142 cm³/mol. The summed E-state index contributed by atoms with van der Waals surface area (Å²) in [5.41, 5.74) is -1.27. The second-order valence-corrected chi connectivity index (χ2v) is 10.5. The maximum absolute atomic E-state index is 14.2. The van der Waals surface area contributed by atoms with Crippen LogP contribution in [0.25, 0.3) is 0 Å². The lowest BCUT2D eigenvalue weighted by atomic mass is 9.66. The van der Waals surface area contributed by atoms with Gasteiger partial charge in [-0.2, -0.15) is 0 Å². The highest BCUT2D eigenvalue weighted by atomic mass is 16.5. The first-order valence-electron chi connectivity index (χ1n) is 13.3. The Balaban J connectivity index is 1.76. The molecule has 1 aromatic carbocycles. The Morgan fingerprint density at radius 2 is 1.86 bits per heavy atom. The Morgan fingerprint density at radius 3 is 2.49 bits per heavy atom. The average molecular weight is 510 g/mol. The van der Waals surface area contributed by atoms with Gasteiger partial charge in [0.25, 0.3) is 0 Å². The molecular weight excluding hydrogens is 470 g/mol. The number of aliphatic hydroxyl groups excluding tert-OH is 1. The van der Waals surface area contributed by atoms with Crippen molar-refractivity contribution in [2.45, 2.75) is 56.8 Å². The van der Waals surface area contributed by atoms with E-state index in [9.17, 15) is 19.5 Å². The third kappa shape index (κ3) is 4.40. The number of fused-ring (bicyclic) bond motifs is 1. The molecule has 3 fully saturated rings. The Labute approximate surface area is 219 Å². The van der Waals surface area contributed by atoms with Gasteiger partial charge < -0.3 is 24.5 Å². The molecule has 0 radical (unpaired) electrons. The van der Waals surface area contributed by atoms with E-state index in [1.807, 2.05) is 37.3 Å². The maximum atomic E-state index is 14.2. The number of likely N-dealkylation sites (tertiary alicyclic amines) is 1. The number of β-amino-alcohol motifs (C(OH)–C–C–N with tert-alkyl or cyclic N) is 1. The summed E-state index contributed by atoms with van der Waals surface area (Å²) in [6, 6.07) is 8.43. The normalized spacial score (nSPS) is 29.8. The number of unbranched alkanes of at least 4 members (excludes halogenated alkanes) is 1. The number of hydrogen-bond donors (Lipinski definition) is 1. The quantitative estimate of drug-likeness (QED) is 0.438. The van der Waals surface area contributed by atoms with Crippen LogP contribution >= 0.6 is 0 Å². The molecule has 2 bridgehead atoms. The minimum Gasteiger partial charge on any atom is -0.395 e. The van der Waals surface area contributed by atoms with Crippen molar-refractivity contribution in [3.8, 4) is 0 Å². The fraction of sp³-hybridized carbons (Fsp3) is 0.552. The van der Waals surface area contributed by atoms with Crippen molar-refractivity contribution in [3.05, 3.63) is 55.6 Å². The number of nitrogens with zero attached hydrogens (tertiary/aromatic N) is 3. The standard InChI is InChI=1S/C29H39N3O5/c1-5-8-18-30(16-6-2)27(36)24-29-15-14-28(4,37-29)22(23(29)26(35)32(24)19-20-33)25(34)31(17-7-3)21-12-10-9-11-13-21/h6-7,9-13,22-24,33H,2-3,5,8,14-20H2,1,4H3/t22-,23-,24?,28+,29?/m0/s1. The summed E-state index contributed by atoms with van der Waals surface area (Å²) in [6.45, 7) is 12.5. The van der Waals surface area contributed by atoms with Crippen LogP contribution < -0.4 is 4.90 Å². The molecule has 1 N–H and O–H groups in total. The molecule has 2 unspecified atom stereocenters. The Morgan fingerprint density at radius 1 is 1.16 bits per heavy atom. The van der Waals surface area contributed by atoms with Crippen LogP contribution in [0.3, 0.4) is 0 Å². The Hall–Kier alpha value is -2.97. The molecule has 3 aliphatic rings. The van der Waals surface area contributed by atoms with Gasteiger partial charge in [0, 0.05) is 31.9 Å². The smallest absolute Gasteiger partial charge is 0.248 e. The molecule has 8 heteroatoms. The van der Waals surface area contributed by atoms with E-state index in [1.54, 1.807) is 22.0 Å². The molecule has 0 aromatic heterocycles. The fourth-order valence-corrected chi connectivity index (χ4v) is 6.63. The topological polar surface area (TPSA) is 90.4 Å². The molecule has 1 aromatic rings. The number of carbonyl (C=O) groups is 3. The lowest BCUT2D eigenvalue weighted by molar-refractivity contribution is -0.151. The Kier molecular flexibility index (Phi) is 7.90. The van der Waals surface area contributed by atoms with Gasteiger partial charge in [-0.3, -0.25) is 14.4 Å². The molecule has 3 heterocycles. The summed E-state index contributed by atoms with van der Waals surface area (Å²) >= 11 is 0. The second-order valence-electron chi connectivity index (χ2n) is 10.5. The number of aliphatic hydroxyl groups is 1. The summed E-state index contributed by atoms with van der Waals surface area (Å²) < 4.78 is 6.69. The number of hydrogen-bond acceptors (Lipinski definition) is 5. The second kappa shape index (κ2) is 10.8. The van der Waals surface area contributed by atoms with Gasteiger partial charge in [0.1, 0.15) is 11.6 Å². The molecule has 4 rings (SSSR count). The highest BCUT2D eigenvalue weighted by molar-refractivity contribution is 6.03. The summed E-state index contributed by atoms with van der Waals surface area (Å²) in [5.74, 6) is -2.27. The number of ether oxygens (including phenoxy) is 1.